The Hall–Kier alpha value is -2.83. The predicted octanol–water partition coefficient (Wildman–Crippen LogP) is 3.87. The summed E-state index contributed by atoms with van der Waals surface area (Å²) in [5.41, 5.74) is 0.955. The van der Waals surface area contributed by atoms with Crippen molar-refractivity contribution < 1.29 is 23.4 Å². The van der Waals surface area contributed by atoms with E-state index in [9.17, 15) is 9.50 Å². The van der Waals surface area contributed by atoms with Gasteiger partial charge in [-0.2, -0.15) is 0 Å². The van der Waals surface area contributed by atoms with Gasteiger partial charge in [0.25, 0.3) is 0 Å². The van der Waals surface area contributed by atoms with E-state index in [0.29, 0.717) is 25.4 Å². The molecular weight excluding hydrogens is 361 g/mol. The van der Waals surface area contributed by atoms with E-state index in [4.69, 9.17) is 13.9 Å². The summed E-state index contributed by atoms with van der Waals surface area (Å²) in [6.45, 7) is 1.63. The topological polar surface area (TPSA) is 55.1 Å². The highest BCUT2D eigenvalue weighted by Gasteiger charge is 2.15. The van der Waals surface area contributed by atoms with E-state index in [-0.39, 0.29) is 12.4 Å². The van der Waals surface area contributed by atoms with Crippen molar-refractivity contribution in [3.05, 3.63) is 84.1 Å². The van der Waals surface area contributed by atoms with E-state index >= 15 is 0 Å². The minimum atomic E-state index is -0.697. The fourth-order valence-electron chi connectivity index (χ4n) is 2.87. The highest BCUT2D eigenvalue weighted by molar-refractivity contribution is 5.31. The van der Waals surface area contributed by atoms with E-state index in [0.717, 1.165) is 17.1 Å². The van der Waals surface area contributed by atoms with Gasteiger partial charge in [0.1, 0.15) is 35.8 Å². The zero-order valence-corrected chi connectivity index (χ0v) is 15.8. The first-order chi connectivity index (χ1) is 13.6. The average Bonchev–Trinajstić information content (AvgIpc) is 3.21. The normalized spacial score (nSPS) is 12.1. The summed E-state index contributed by atoms with van der Waals surface area (Å²) in [7, 11) is 1.61. The second kappa shape index (κ2) is 9.92. The van der Waals surface area contributed by atoms with Crippen LogP contribution in [0.3, 0.4) is 0 Å². The van der Waals surface area contributed by atoms with Gasteiger partial charge in [-0.25, -0.2) is 4.39 Å². The predicted molar refractivity (Wildman–Crippen MR) is 104 cm³/mol. The lowest BCUT2D eigenvalue weighted by Gasteiger charge is -2.24. The van der Waals surface area contributed by atoms with Gasteiger partial charge in [-0.05, 0) is 54.1 Å². The molecule has 1 N–H and O–H groups in total. The van der Waals surface area contributed by atoms with Crippen molar-refractivity contribution in [3.8, 4) is 11.5 Å². The number of rotatable bonds is 10. The van der Waals surface area contributed by atoms with Crippen molar-refractivity contribution in [2.24, 2.45) is 0 Å². The summed E-state index contributed by atoms with van der Waals surface area (Å²) >= 11 is 0. The molecule has 0 saturated carbocycles. The Morgan fingerprint density at radius 2 is 1.71 bits per heavy atom. The molecule has 0 bridgehead atoms. The molecule has 0 radical (unpaired) electrons. The van der Waals surface area contributed by atoms with Gasteiger partial charge in [0.2, 0.25) is 0 Å². The van der Waals surface area contributed by atoms with Crippen LogP contribution < -0.4 is 9.47 Å². The number of ether oxygens (including phenoxy) is 2. The van der Waals surface area contributed by atoms with Crippen LogP contribution in [0, 0.1) is 5.82 Å². The van der Waals surface area contributed by atoms with Gasteiger partial charge < -0.3 is 19.0 Å². The van der Waals surface area contributed by atoms with E-state index in [1.54, 1.807) is 49.8 Å². The molecule has 1 aromatic heterocycles. The summed E-state index contributed by atoms with van der Waals surface area (Å²) in [6.07, 6.45) is 0.923. The maximum Gasteiger partial charge on any atom is 0.123 e. The fourth-order valence-corrected chi connectivity index (χ4v) is 2.87. The molecule has 0 aliphatic rings. The van der Waals surface area contributed by atoms with Crippen molar-refractivity contribution in [1.29, 1.82) is 0 Å². The third-order valence-electron chi connectivity index (χ3n) is 4.25. The number of aliphatic hydroxyl groups is 1. The minimum absolute atomic E-state index is 0.157. The molecule has 1 unspecified atom stereocenters. The van der Waals surface area contributed by atoms with Gasteiger partial charge in [0.15, 0.2) is 0 Å². The van der Waals surface area contributed by atoms with Gasteiger partial charge in [0, 0.05) is 13.1 Å². The van der Waals surface area contributed by atoms with Crippen molar-refractivity contribution in [3.63, 3.8) is 0 Å². The number of aliphatic hydroxyl groups excluding tert-OH is 1. The van der Waals surface area contributed by atoms with Gasteiger partial charge in [-0.1, -0.05) is 12.1 Å². The Morgan fingerprint density at radius 3 is 2.36 bits per heavy atom. The summed E-state index contributed by atoms with van der Waals surface area (Å²) < 4.78 is 29.4. The quantitative estimate of drug-likeness (QED) is 0.574. The number of hydrogen-bond acceptors (Lipinski definition) is 5. The SMILES string of the molecule is COc1ccc(OCC(O)CN(Cc2ccc(F)cc2)Cc2ccco2)cc1. The van der Waals surface area contributed by atoms with Crippen LogP contribution in [-0.2, 0) is 13.1 Å². The van der Waals surface area contributed by atoms with Gasteiger partial charge >= 0.3 is 0 Å². The van der Waals surface area contributed by atoms with Crippen LogP contribution in [0.2, 0.25) is 0 Å². The minimum Gasteiger partial charge on any atom is -0.497 e. The Balaban J connectivity index is 1.57. The molecule has 3 aromatic rings. The molecule has 0 amide bonds. The number of methoxy groups -OCH3 is 1. The first-order valence-electron chi connectivity index (χ1n) is 9.06. The summed E-state index contributed by atoms with van der Waals surface area (Å²) in [5, 5.41) is 10.5. The molecule has 0 saturated heterocycles. The van der Waals surface area contributed by atoms with Crippen molar-refractivity contribution in [2.75, 3.05) is 20.3 Å². The number of halogens is 1. The average molecular weight is 385 g/mol. The Kier molecular flexibility index (Phi) is 7.06. The van der Waals surface area contributed by atoms with Gasteiger partial charge in [-0.15, -0.1) is 0 Å². The molecule has 148 valence electrons. The standard InChI is InChI=1S/C22H24FNO4/c1-26-20-8-10-21(11-9-20)28-16-19(25)14-24(15-22-3-2-12-27-22)13-17-4-6-18(23)7-5-17/h2-12,19,25H,13-16H2,1H3. The van der Waals surface area contributed by atoms with Crippen LogP contribution in [0.1, 0.15) is 11.3 Å². The molecule has 5 nitrogen and oxygen atoms in total. The molecule has 0 aliphatic carbocycles. The lowest BCUT2D eigenvalue weighted by Crippen LogP contribution is -2.35. The van der Waals surface area contributed by atoms with E-state index in [1.165, 1.54) is 12.1 Å². The second-order valence-corrected chi connectivity index (χ2v) is 6.52. The molecule has 28 heavy (non-hydrogen) atoms. The number of benzene rings is 2. The highest BCUT2D eigenvalue weighted by Crippen LogP contribution is 2.17. The molecule has 3 rings (SSSR count). The molecule has 1 atom stereocenters. The lowest BCUT2D eigenvalue weighted by atomic mass is 10.2. The lowest BCUT2D eigenvalue weighted by molar-refractivity contribution is 0.0604. The van der Waals surface area contributed by atoms with Gasteiger partial charge in [0.05, 0.1) is 19.9 Å². The molecular formula is C22H24FNO4. The fraction of sp³-hybridized carbons (Fsp3) is 0.273. The maximum atomic E-state index is 13.2. The van der Waals surface area contributed by atoms with Crippen molar-refractivity contribution in [1.82, 2.24) is 4.90 Å². The highest BCUT2D eigenvalue weighted by atomic mass is 19.1. The molecule has 0 fully saturated rings. The number of furan rings is 1. The monoisotopic (exact) mass is 385 g/mol. The molecule has 0 aliphatic heterocycles. The van der Waals surface area contributed by atoms with Crippen LogP contribution in [0.15, 0.2) is 71.3 Å². The van der Waals surface area contributed by atoms with Crippen LogP contribution >= 0.6 is 0 Å². The largest absolute Gasteiger partial charge is 0.497 e. The first kappa shape index (κ1) is 19.9. The summed E-state index contributed by atoms with van der Waals surface area (Å²) in [4.78, 5) is 2.04. The van der Waals surface area contributed by atoms with Crippen LogP contribution in [0.25, 0.3) is 0 Å². The first-order valence-corrected chi connectivity index (χ1v) is 9.06. The Labute approximate surface area is 163 Å². The number of hydrogen-bond donors (Lipinski definition) is 1. The van der Waals surface area contributed by atoms with Crippen LogP contribution in [0.4, 0.5) is 4.39 Å². The molecule has 2 aromatic carbocycles. The summed E-state index contributed by atoms with van der Waals surface area (Å²) in [5.74, 6) is 1.94. The maximum absolute atomic E-state index is 13.2. The Morgan fingerprint density at radius 1 is 1.00 bits per heavy atom. The molecule has 6 heteroatoms. The van der Waals surface area contributed by atoms with Crippen molar-refractivity contribution in [2.45, 2.75) is 19.2 Å². The smallest absolute Gasteiger partial charge is 0.123 e. The third kappa shape index (κ3) is 6.11. The third-order valence-corrected chi connectivity index (χ3v) is 4.25. The van der Waals surface area contributed by atoms with E-state index < -0.39 is 6.10 Å². The van der Waals surface area contributed by atoms with Gasteiger partial charge in [-0.3, -0.25) is 4.90 Å². The second-order valence-electron chi connectivity index (χ2n) is 6.52. The summed E-state index contributed by atoms with van der Waals surface area (Å²) in [6, 6.07) is 17.3. The van der Waals surface area contributed by atoms with Crippen LogP contribution in [0.5, 0.6) is 11.5 Å². The van der Waals surface area contributed by atoms with E-state index in [1.807, 2.05) is 17.0 Å². The zero-order chi connectivity index (χ0) is 19.8. The zero-order valence-electron chi connectivity index (χ0n) is 15.8. The van der Waals surface area contributed by atoms with Crippen LogP contribution in [-0.4, -0.2) is 36.4 Å². The van der Waals surface area contributed by atoms with E-state index in [2.05, 4.69) is 0 Å². The molecule has 0 spiro atoms. The molecule has 1 heterocycles. The number of nitrogens with zero attached hydrogens (tertiary/aromatic N) is 1. The Bertz CT molecular complexity index is 819. The van der Waals surface area contributed by atoms with Crippen molar-refractivity contribution >= 4 is 0 Å².